The van der Waals surface area contributed by atoms with Crippen molar-refractivity contribution in [2.24, 2.45) is 0 Å². The van der Waals surface area contributed by atoms with Crippen LogP contribution in [0.3, 0.4) is 0 Å². The molecule has 2 rings (SSSR count). The summed E-state index contributed by atoms with van der Waals surface area (Å²) in [5, 5.41) is 3.70. The topological polar surface area (TPSA) is 24.5 Å². The summed E-state index contributed by atoms with van der Waals surface area (Å²) in [4.78, 5) is 2.57. The summed E-state index contributed by atoms with van der Waals surface area (Å²) in [6.45, 7) is 13.8. The standard InChI is InChI=1S/C18H30N2O/c1-5-19-17(14-16-8-6-15(2)7-9-16)18(3,4)20-10-12-21-13-11-20/h6-9,17,19H,5,10-14H2,1-4H3. The van der Waals surface area contributed by atoms with Gasteiger partial charge >= 0.3 is 0 Å². The third-order valence-electron chi connectivity index (χ3n) is 4.69. The monoisotopic (exact) mass is 290 g/mol. The van der Waals surface area contributed by atoms with Gasteiger partial charge in [0.15, 0.2) is 0 Å². The number of morpholine rings is 1. The summed E-state index contributed by atoms with van der Waals surface area (Å²) in [7, 11) is 0. The predicted molar refractivity (Wildman–Crippen MR) is 88.8 cm³/mol. The van der Waals surface area contributed by atoms with Gasteiger partial charge in [-0.2, -0.15) is 0 Å². The first-order valence-electron chi connectivity index (χ1n) is 8.15. The first-order chi connectivity index (χ1) is 10.0. The van der Waals surface area contributed by atoms with Gasteiger partial charge in [0.2, 0.25) is 0 Å². The average Bonchev–Trinajstić information content (AvgIpc) is 2.50. The van der Waals surface area contributed by atoms with Crippen molar-refractivity contribution in [2.75, 3.05) is 32.8 Å². The summed E-state index contributed by atoms with van der Waals surface area (Å²) >= 11 is 0. The van der Waals surface area contributed by atoms with Crippen molar-refractivity contribution in [3.8, 4) is 0 Å². The third kappa shape index (κ3) is 4.29. The van der Waals surface area contributed by atoms with Gasteiger partial charge in [0, 0.05) is 24.7 Å². The SMILES string of the molecule is CCNC(Cc1ccc(C)cc1)C(C)(C)N1CCOCC1. The Morgan fingerprint density at radius 3 is 2.38 bits per heavy atom. The molecule has 1 atom stereocenters. The molecule has 3 heteroatoms. The lowest BCUT2D eigenvalue weighted by molar-refractivity contribution is -0.0230. The molecule has 1 heterocycles. The first kappa shape index (κ1) is 16.5. The van der Waals surface area contributed by atoms with Crippen LogP contribution in [-0.4, -0.2) is 49.3 Å². The zero-order valence-electron chi connectivity index (χ0n) is 14.0. The van der Waals surface area contributed by atoms with E-state index in [0.29, 0.717) is 6.04 Å². The van der Waals surface area contributed by atoms with Crippen molar-refractivity contribution in [2.45, 2.75) is 45.7 Å². The molecule has 1 N–H and O–H groups in total. The maximum absolute atomic E-state index is 5.50. The number of likely N-dealkylation sites (N-methyl/N-ethyl adjacent to an activating group) is 1. The van der Waals surface area contributed by atoms with Gasteiger partial charge in [0.05, 0.1) is 13.2 Å². The number of nitrogens with zero attached hydrogens (tertiary/aromatic N) is 1. The van der Waals surface area contributed by atoms with E-state index in [0.717, 1.165) is 39.3 Å². The number of aryl methyl sites for hydroxylation is 1. The molecule has 0 aliphatic carbocycles. The highest BCUT2D eigenvalue weighted by Gasteiger charge is 2.35. The van der Waals surface area contributed by atoms with Gasteiger partial charge in [0.25, 0.3) is 0 Å². The second kappa shape index (κ2) is 7.39. The molecule has 0 saturated carbocycles. The summed E-state index contributed by atoms with van der Waals surface area (Å²) in [5.41, 5.74) is 2.86. The molecular weight excluding hydrogens is 260 g/mol. The lowest BCUT2D eigenvalue weighted by Gasteiger charge is -2.46. The van der Waals surface area contributed by atoms with Crippen molar-refractivity contribution < 1.29 is 4.74 Å². The minimum Gasteiger partial charge on any atom is -0.379 e. The highest BCUT2D eigenvalue weighted by Crippen LogP contribution is 2.23. The lowest BCUT2D eigenvalue weighted by atomic mass is 9.87. The van der Waals surface area contributed by atoms with E-state index in [1.807, 2.05) is 0 Å². The molecule has 118 valence electrons. The van der Waals surface area contributed by atoms with E-state index >= 15 is 0 Å². The van der Waals surface area contributed by atoms with Gasteiger partial charge in [-0.15, -0.1) is 0 Å². The smallest absolute Gasteiger partial charge is 0.0594 e. The van der Waals surface area contributed by atoms with Crippen molar-refractivity contribution >= 4 is 0 Å². The molecule has 0 radical (unpaired) electrons. The molecule has 1 unspecified atom stereocenters. The Kier molecular flexibility index (Phi) is 5.80. The van der Waals surface area contributed by atoms with Crippen LogP contribution in [0.25, 0.3) is 0 Å². The van der Waals surface area contributed by atoms with Crippen molar-refractivity contribution in [1.29, 1.82) is 0 Å². The molecule has 1 aliphatic rings. The first-order valence-corrected chi connectivity index (χ1v) is 8.15. The van der Waals surface area contributed by atoms with E-state index < -0.39 is 0 Å². The second-order valence-electron chi connectivity index (χ2n) is 6.55. The average molecular weight is 290 g/mol. The molecule has 1 fully saturated rings. The predicted octanol–water partition coefficient (Wildman–Crippen LogP) is 2.63. The van der Waals surface area contributed by atoms with Gasteiger partial charge in [-0.05, 0) is 39.3 Å². The van der Waals surface area contributed by atoms with Crippen LogP contribution in [0.15, 0.2) is 24.3 Å². The Labute approximate surface area is 129 Å². The summed E-state index contributed by atoms with van der Waals surface area (Å²) in [6, 6.07) is 9.38. The fraction of sp³-hybridized carbons (Fsp3) is 0.667. The van der Waals surface area contributed by atoms with E-state index in [9.17, 15) is 0 Å². The Morgan fingerprint density at radius 2 is 1.81 bits per heavy atom. The summed E-state index contributed by atoms with van der Waals surface area (Å²) in [5.74, 6) is 0. The maximum Gasteiger partial charge on any atom is 0.0594 e. The fourth-order valence-corrected chi connectivity index (χ4v) is 3.14. The number of benzene rings is 1. The van der Waals surface area contributed by atoms with Gasteiger partial charge in [-0.25, -0.2) is 0 Å². The zero-order chi connectivity index (χ0) is 15.3. The van der Waals surface area contributed by atoms with E-state index in [4.69, 9.17) is 4.74 Å². The van der Waals surface area contributed by atoms with Gasteiger partial charge in [-0.3, -0.25) is 4.90 Å². The van der Waals surface area contributed by atoms with Crippen molar-refractivity contribution in [3.05, 3.63) is 35.4 Å². The highest BCUT2D eigenvalue weighted by atomic mass is 16.5. The normalized spacial score (nSPS) is 18.7. The molecule has 0 bridgehead atoms. The van der Waals surface area contributed by atoms with Gasteiger partial charge < -0.3 is 10.1 Å². The van der Waals surface area contributed by atoms with E-state index in [-0.39, 0.29) is 5.54 Å². The molecule has 21 heavy (non-hydrogen) atoms. The Balaban J connectivity index is 2.10. The number of nitrogens with one attached hydrogen (secondary N) is 1. The highest BCUT2D eigenvalue weighted by molar-refractivity contribution is 5.23. The summed E-state index contributed by atoms with van der Waals surface area (Å²) in [6.07, 6.45) is 1.07. The molecule has 1 aliphatic heterocycles. The lowest BCUT2D eigenvalue weighted by Crippen LogP contribution is -2.61. The van der Waals surface area contributed by atoms with Crippen molar-refractivity contribution in [1.82, 2.24) is 10.2 Å². The third-order valence-corrected chi connectivity index (χ3v) is 4.69. The van der Waals surface area contributed by atoms with Crippen LogP contribution >= 0.6 is 0 Å². The van der Waals surface area contributed by atoms with Crippen LogP contribution in [0, 0.1) is 6.92 Å². The largest absolute Gasteiger partial charge is 0.379 e. The number of ether oxygens (including phenoxy) is 1. The van der Waals surface area contributed by atoms with Crippen LogP contribution in [0.4, 0.5) is 0 Å². The maximum atomic E-state index is 5.50. The van der Waals surface area contributed by atoms with Crippen LogP contribution in [-0.2, 0) is 11.2 Å². The fourth-order valence-electron chi connectivity index (χ4n) is 3.14. The summed E-state index contributed by atoms with van der Waals surface area (Å²) < 4.78 is 5.50. The Morgan fingerprint density at radius 1 is 1.19 bits per heavy atom. The van der Waals surface area contributed by atoms with Crippen LogP contribution < -0.4 is 5.32 Å². The quantitative estimate of drug-likeness (QED) is 0.871. The molecule has 3 nitrogen and oxygen atoms in total. The van der Waals surface area contributed by atoms with E-state index in [2.05, 4.69) is 62.2 Å². The molecule has 0 amide bonds. The minimum absolute atomic E-state index is 0.130. The van der Waals surface area contributed by atoms with Crippen molar-refractivity contribution in [3.63, 3.8) is 0 Å². The van der Waals surface area contributed by atoms with Gasteiger partial charge in [-0.1, -0.05) is 36.8 Å². The number of hydrogen-bond donors (Lipinski definition) is 1. The zero-order valence-corrected chi connectivity index (χ0v) is 14.0. The van der Waals surface area contributed by atoms with E-state index in [1.165, 1.54) is 11.1 Å². The van der Waals surface area contributed by atoms with Gasteiger partial charge in [0.1, 0.15) is 0 Å². The molecule has 0 aromatic heterocycles. The Bertz CT molecular complexity index is 421. The molecule has 1 saturated heterocycles. The molecule has 0 spiro atoms. The van der Waals surface area contributed by atoms with Crippen LogP contribution in [0.2, 0.25) is 0 Å². The second-order valence-corrected chi connectivity index (χ2v) is 6.55. The number of rotatable bonds is 6. The minimum atomic E-state index is 0.130. The molecule has 1 aromatic rings. The van der Waals surface area contributed by atoms with E-state index in [1.54, 1.807) is 0 Å². The molecular formula is C18H30N2O. The van der Waals surface area contributed by atoms with Crippen LogP contribution in [0.5, 0.6) is 0 Å². The van der Waals surface area contributed by atoms with Crippen LogP contribution in [0.1, 0.15) is 31.9 Å². The Hall–Kier alpha value is -0.900. The molecule has 1 aromatic carbocycles. The number of hydrogen-bond acceptors (Lipinski definition) is 3.